The topological polar surface area (TPSA) is 70.5 Å². The number of hydrogen-bond acceptors (Lipinski definition) is 5. The summed E-state index contributed by atoms with van der Waals surface area (Å²) in [6, 6.07) is 1.87. The van der Waals surface area contributed by atoms with Crippen molar-refractivity contribution in [2.75, 3.05) is 20.0 Å². The van der Waals surface area contributed by atoms with E-state index in [0.29, 0.717) is 27.6 Å². The molecule has 0 saturated carbocycles. The molecule has 1 aromatic heterocycles. The quantitative estimate of drug-likeness (QED) is 0.931. The van der Waals surface area contributed by atoms with Crippen molar-refractivity contribution in [1.82, 2.24) is 5.16 Å². The third-order valence-corrected chi connectivity index (χ3v) is 3.53. The van der Waals surface area contributed by atoms with E-state index in [4.69, 9.17) is 31.3 Å². The van der Waals surface area contributed by atoms with Crippen LogP contribution in [0.2, 0.25) is 5.02 Å². The molecule has 0 aliphatic carbocycles. The van der Waals surface area contributed by atoms with Crippen LogP contribution in [0, 0.1) is 0 Å². The molecule has 2 rings (SSSR count). The molecule has 0 aliphatic rings. The van der Waals surface area contributed by atoms with E-state index < -0.39 is 0 Å². The molecule has 6 heteroatoms. The van der Waals surface area contributed by atoms with Gasteiger partial charge in [0.15, 0.2) is 11.5 Å². The van der Waals surface area contributed by atoms with E-state index in [2.05, 4.69) is 5.16 Å². The Balaban J connectivity index is 2.82. The van der Waals surface area contributed by atoms with Gasteiger partial charge in [-0.25, -0.2) is 0 Å². The van der Waals surface area contributed by atoms with E-state index in [1.54, 1.807) is 14.2 Å². The molecule has 20 heavy (non-hydrogen) atoms. The number of aromatic nitrogens is 1. The van der Waals surface area contributed by atoms with Gasteiger partial charge in [-0.05, 0) is 17.5 Å². The summed E-state index contributed by atoms with van der Waals surface area (Å²) in [5, 5.41) is 4.25. The predicted octanol–water partition coefficient (Wildman–Crippen LogP) is 3.72. The van der Waals surface area contributed by atoms with E-state index in [0.717, 1.165) is 5.56 Å². The minimum absolute atomic E-state index is 0.188. The van der Waals surface area contributed by atoms with Crippen molar-refractivity contribution in [1.29, 1.82) is 0 Å². The molecule has 0 spiro atoms. The molecule has 108 valence electrons. The van der Waals surface area contributed by atoms with E-state index in [-0.39, 0.29) is 11.8 Å². The van der Waals surface area contributed by atoms with Crippen molar-refractivity contribution >= 4 is 17.5 Å². The molecule has 2 aromatic rings. The monoisotopic (exact) mass is 296 g/mol. The number of nitrogens with two attached hydrogens (primary N) is 1. The number of benzene rings is 1. The summed E-state index contributed by atoms with van der Waals surface area (Å²) in [6.45, 7) is 4.10. The molecule has 1 heterocycles. The first kappa shape index (κ1) is 14.5. The number of ether oxygens (including phenoxy) is 2. The first-order valence-corrected chi connectivity index (χ1v) is 6.53. The molecule has 0 radical (unpaired) electrons. The molecule has 5 nitrogen and oxygen atoms in total. The minimum Gasteiger partial charge on any atom is -0.493 e. The van der Waals surface area contributed by atoms with Gasteiger partial charge in [0.05, 0.1) is 36.6 Å². The standard InChI is InChI=1S/C14H17ClN2O3/c1-7(2)8-5-10(18-3)13(19-4)11(12(8)15)9-6-17-20-14(9)16/h5-7H,16H2,1-4H3. The molecule has 0 atom stereocenters. The second-order valence-electron chi connectivity index (χ2n) is 4.65. The van der Waals surface area contributed by atoms with Gasteiger partial charge in [0.25, 0.3) is 0 Å². The van der Waals surface area contributed by atoms with E-state index in [1.165, 1.54) is 6.20 Å². The van der Waals surface area contributed by atoms with Crippen LogP contribution in [0.4, 0.5) is 5.88 Å². The lowest BCUT2D eigenvalue weighted by Crippen LogP contribution is -2.00. The first-order valence-electron chi connectivity index (χ1n) is 6.16. The summed E-state index contributed by atoms with van der Waals surface area (Å²) in [4.78, 5) is 0. The van der Waals surface area contributed by atoms with Gasteiger partial charge >= 0.3 is 0 Å². The molecule has 2 N–H and O–H groups in total. The highest BCUT2D eigenvalue weighted by Gasteiger charge is 2.24. The van der Waals surface area contributed by atoms with Gasteiger partial charge in [-0.1, -0.05) is 30.6 Å². The third-order valence-electron chi connectivity index (χ3n) is 3.12. The lowest BCUT2D eigenvalue weighted by molar-refractivity contribution is 0.355. The smallest absolute Gasteiger partial charge is 0.230 e. The summed E-state index contributed by atoms with van der Waals surface area (Å²) in [7, 11) is 3.13. The highest BCUT2D eigenvalue weighted by Crippen LogP contribution is 2.48. The second-order valence-corrected chi connectivity index (χ2v) is 5.03. The van der Waals surface area contributed by atoms with Crippen LogP contribution >= 0.6 is 11.6 Å². The van der Waals surface area contributed by atoms with Crippen LogP contribution in [0.15, 0.2) is 16.8 Å². The van der Waals surface area contributed by atoms with Crippen molar-refractivity contribution in [3.63, 3.8) is 0 Å². The predicted molar refractivity (Wildman–Crippen MR) is 78.6 cm³/mol. The Labute approximate surface area is 122 Å². The zero-order valence-corrected chi connectivity index (χ0v) is 12.6. The summed E-state index contributed by atoms with van der Waals surface area (Å²) < 4.78 is 15.7. The second kappa shape index (κ2) is 5.63. The number of rotatable bonds is 4. The van der Waals surface area contributed by atoms with Crippen molar-refractivity contribution in [3.05, 3.63) is 22.8 Å². The first-order chi connectivity index (χ1) is 9.51. The maximum atomic E-state index is 6.52. The third kappa shape index (κ3) is 2.29. The van der Waals surface area contributed by atoms with Crippen molar-refractivity contribution in [3.8, 4) is 22.6 Å². The van der Waals surface area contributed by atoms with Crippen molar-refractivity contribution in [2.24, 2.45) is 0 Å². The average molecular weight is 297 g/mol. The van der Waals surface area contributed by atoms with E-state index in [9.17, 15) is 0 Å². The summed E-state index contributed by atoms with van der Waals surface area (Å²) in [5.74, 6) is 1.52. The Morgan fingerprint density at radius 2 is 2.00 bits per heavy atom. The van der Waals surface area contributed by atoms with E-state index >= 15 is 0 Å². The highest BCUT2D eigenvalue weighted by molar-refractivity contribution is 6.35. The fraction of sp³-hybridized carbons (Fsp3) is 0.357. The number of hydrogen-bond donors (Lipinski definition) is 1. The summed E-state index contributed by atoms with van der Waals surface area (Å²) in [5.41, 5.74) is 7.97. The van der Waals surface area contributed by atoms with E-state index in [1.807, 2.05) is 19.9 Å². The van der Waals surface area contributed by atoms with Crippen LogP contribution in [0.25, 0.3) is 11.1 Å². The minimum atomic E-state index is 0.188. The molecule has 0 fully saturated rings. The average Bonchev–Trinajstić information content (AvgIpc) is 2.83. The zero-order chi connectivity index (χ0) is 14.9. The van der Waals surface area contributed by atoms with Crippen molar-refractivity contribution < 1.29 is 14.0 Å². The van der Waals surface area contributed by atoms with Gasteiger partial charge in [-0.2, -0.15) is 0 Å². The van der Waals surface area contributed by atoms with Crippen LogP contribution in [0.1, 0.15) is 25.3 Å². The van der Waals surface area contributed by atoms with Gasteiger partial charge in [-0.3, -0.25) is 0 Å². The highest BCUT2D eigenvalue weighted by atomic mass is 35.5. The van der Waals surface area contributed by atoms with Gasteiger partial charge in [0, 0.05) is 0 Å². The van der Waals surface area contributed by atoms with Crippen LogP contribution in [-0.2, 0) is 0 Å². The fourth-order valence-electron chi connectivity index (χ4n) is 2.09. The number of nitrogens with zero attached hydrogens (tertiary/aromatic N) is 1. The van der Waals surface area contributed by atoms with Crippen LogP contribution < -0.4 is 15.2 Å². The number of anilines is 1. The molecule has 0 bridgehead atoms. The molecule has 0 unspecified atom stereocenters. The summed E-state index contributed by atoms with van der Waals surface area (Å²) >= 11 is 6.52. The molecule has 0 amide bonds. The van der Waals surface area contributed by atoms with Gasteiger partial charge in [-0.15, -0.1) is 0 Å². The van der Waals surface area contributed by atoms with Crippen molar-refractivity contribution in [2.45, 2.75) is 19.8 Å². The summed E-state index contributed by atoms with van der Waals surface area (Å²) in [6.07, 6.45) is 1.52. The van der Waals surface area contributed by atoms with Gasteiger partial charge in [0.2, 0.25) is 5.88 Å². The molecule has 0 saturated heterocycles. The SMILES string of the molecule is COc1cc(C(C)C)c(Cl)c(-c2cnoc2N)c1OC. The Kier molecular flexibility index (Phi) is 4.09. The molecular formula is C14H17ClN2O3. The Morgan fingerprint density at radius 1 is 1.30 bits per heavy atom. The van der Waals surface area contributed by atoms with Gasteiger partial charge < -0.3 is 19.7 Å². The molecular weight excluding hydrogens is 280 g/mol. The van der Waals surface area contributed by atoms with Crippen LogP contribution in [0.3, 0.4) is 0 Å². The normalized spacial score (nSPS) is 10.9. The lowest BCUT2D eigenvalue weighted by Gasteiger charge is -2.18. The zero-order valence-electron chi connectivity index (χ0n) is 11.9. The maximum Gasteiger partial charge on any atom is 0.230 e. The van der Waals surface area contributed by atoms with Crippen LogP contribution in [0.5, 0.6) is 11.5 Å². The Hall–Kier alpha value is -1.88. The van der Waals surface area contributed by atoms with Gasteiger partial charge in [0.1, 0.15) is 0 Å². The number of nitrogen functional groups attached to an aromatic ring is 1. The Bertz CT molecular complexity index is 623. The molecule has 0 aliphatic heterocycles. The Morgan fingerprint density at radius 3 is 2.45 bits per heavy atom. The molecule has 1 aromatic carbocycles. The maximum absolute atomic E-state index is 6.52. The largest absolute Gasteiger partial charge is 0.493 e. The lowest BCUT2D eigenvalue weighted by atomic mass is 9.96. The number of methoxy groups -OCH3 is 2. The van der Waals surface area contributed by atoms with Crippen LogP contribution in [-0.4, -0.2) is 19.4 Å². The fourth-order valence-corrected chi connectivity index (χ4v) is 2.55. The number of halogens is 1.